The Morgan fingerprint density at radius 2 is 1.77 bits per heavy atom. The van der Waals surface area contributed by atoms with Crippen molar-refractivity contribution < 1.29 is 23.8 Å². The van der Waals surface area contributed by atoms with Gasteiger partial charge in [0.15, 0.2) is 6.61 Å². The smallest absolute Gasteiger partial charge is 0.310 e. The van der Waals surface area contributed by atoms with Crippen molar-refractivity contribution in [2.75, 3.05) is 20.8 Å². The van der Waals surface area contributed by atoms with Gasteiger partial charge in [-0.15, -0.1) is 0 Å². The maximum Gasteiger partial charge on any atom is 0.310 e. The van der Waals surface area contributed by atoms with Gasteiger partial charge in [-0.1, -0.05) is 23.7 Å². The van der Waals surface area contributed by atoms with Crippen LogP contribution in [0, 0.1) is 0 Å². The predicted molar refractivity (Wildman–Crippen MR) is 97.5 cm³/mol. The van der Waals surface area contributed by atoms with Crippen LogP contribution in [-0.4, -0.2) is 32.7 Å². The van der Waals surface area contributed by atoms with Crippen LogP contribution in [0.5, 0.6) is 11.5 Å². The molecule has 0 radical (unpaired) electrons. The lowest BCUT2D eigenvalue weighted by Crippen LogP contribution is -2.28. The van der Waals surface area contributed by atoms with Crippen molar-refractivity contribution in [2.24, 2.45) is 0 Å². The summed E-state index contributed by atoms with van der Waals surface area (Å²) in [5.74, 6) is 0.359. The summed E-state index contributed by atoms with van der Waals surface area (Å²) < 4.78 is 15.2. The topological polar surface area (TPSA) is 73.9 Å². The second-order valence-electron chi connectivity index (χ2n) is 5.42. The minimum Gasteiger partial charge on any atom is -0.497 e. The van der Waals surface area contributed by atoms with Gasteiger partial charge < -0.3 is 19.5 Å². The zero-order valence-electron chi connectivity index (χ0n) is 14.6. The second kappa shape index (κ2) is 9.68. The Labute approximate surface area is 157 Å². The fourth-order valence-corrected chi connectivity index (χ4v) is 2.43. The normalized spacial score (nSPS) is 10.1. The molecule has 0 saturated carbocycles. The van der Waals surface area contributed by atoms with Gasteiger partial charge in [0, 0.05) is 17.1 Å². The number of carbonyl (C=O) groups is 2. The first-order valence-electron chi connectivity index (χ1n) is 7.89. The van der Waals surface area contributed by atoms with Crippen LogP contribution in [0.4, 0.5) is 0 Å². The molecule has 138 valence electrons. The SMILES string of the molecule is COc1ccc(CNC(=O)COC(=O)Cc2cc(Cl)ccc2OC)cc1. The Hall–Kier alpha value is -2.73. The fourth-order valence-electron chi connectivity index (χ4n) is 2.23. The molecular weight excluding hydrogens is 358 g/mol. The molecule has 1 amide bonds. The zero-order chi connectivity index (χ0) is 18.9. The van der Waals surface area contributed by atoms with E-state index in [1.54, 1.807) is 37.4 Å². The van der Waals surface area contributed by atoms with E-state index in [4.69, 9.17) is 25.8 Å². The standard InChI is InChI=1S/C19H20ClNO5/c1-24-16-6-3-13(4-7-16)11-21-18(22)12-26-19(23)10-14-9-15(20)5-8-17(14)25-2/h3-9H,10-12H2,1-2H3,(H,21,22). The van der Waals surface area contributed by atoms with E-state index in [9.17, 15) is 9.59 Å². The molecule has 0 aromatic heterocycles. The van der Waals surface area contributed by atoms with E-state index in [-0.39, 0.29) is 18.9 Å². The minimum atomic E-state index is -0.537. The van der Waals surface area contributed by atoms with Gasteiger partial charge in [0.2, 0.25) is 0 Å². The van der Waals surface area contributed by atoms with Gasteiger partial charge in [0.05, 0.1) is 20.6 Å². The number of benzene rings is 2. The summed E-state index contributed by atoms with van der Waals surface area (Å²) in [7, 11) is 3.09. The maximum absolute atomic E-state index is 11.9. The van der Waals surface area contributed by atoms with Gasteiger partial charge in [0.25, 0.3) is 5.91 Å². The van der Waals surface area contributed by atoms with Crippen LogP contribution in [0.15, 0.2) is 42.5 Å². The van der Waals surface area contributed by atoms with Crippen LogP contribution in [0.2, 0.25) is 5.02 Å². The van der Waals surface area contributed by atoms with Crippen molar-refractivity contribution in [1.29, 1.82) is 0 Å². The summed E-state index contributed by atoms with van der Waals surface area (Å²) in [6.07, 6.45) is -0.0322. The third-order valence-corrected chi connectivity index (χ3v) is 3.83. The highest BCUT2D eigenvalue weighted by Gasteiger charge is 2.12. The Morgan fingerprint density at radius 1 is 1.04 bits per heavy atom. The third kappa shape index (κ3) is 5.97. The lowest BCUT2D eigenvalue weighted by Gasteiger charge is -2.10. The van der Waals surface area contributed by atoms with E-state index in [0.29, 0.717) is 22.9 Å². The van der Waals surface area contributed by atoms with E-state index >= 15 is 0 Å². The van der Waals surface area contributed by atoms with Gasteiger partial charge in [-0.2, -0.15) is 0 Å². The molecule has 0 saturated heterocycles. The predicted octanol–water partition coefficient (Wildman–Crippen LogP) is 2.76. The highest BCUT2D eigenvalue weighted by molar-refractivity contribution is 6.30. The van der Waals surface area contributed by atoms with Crippen LogP contribution < -0.4 is 14.8 Å². The summed E-state index contributed by atoms with van der Waals surface area (Å²) in [4.78, 5) is 23.7. The van der Waals surface area contributed by atoms with Crippen LogP contribution in [0.3, 0.4) is 0 Å². The first kappa shape index (κ1) is 19.6. The molecule has 0 atom stereocenters. The minimum absolute atomic E-state index is 0.0322. The first-order valence-corrected chi connectivity index (χ1v) is 8.27. The molecule has 7 heteroatoms. The molecule has 0 unspecified atom stereocenters. The van der Waals surface area contributed by atoms with Crippen LogP contribution in [-0.2, 0) is 27.3 Å². The molecule has 0 aliphatic heterocycles. The highest BCUT2D eigenvalue weighted by Crippen LogP contribution is 2.23. The highest BCUT2D eigenvalue weighted by atomic mass is 35.5. The number of esters is 1. The Morgan fingerprint density at radius 3 is 2.42 bits per heavy atom. The molecule has 0 heterocycles. The van der Waals surface area contributed by atoms with Gasteiger partial charge in [-0.05, 0) is 35.9 Å². The average Bonchev–Trinajstić information content (AvgIpc) is 2.65. The first-order chi connectivity index (χ1) is 12.5. The van der Waals surface area contributed by atoms with Crippen molar-refractivity contribution in [1.82, 2.24) is 5.32 Å². The molecular formula is C19H20ClNO5. The van der Waals surface area contributed by atoms with E-state index in [0.717, 1.165) is 11.3 Å². The largest absolute Gasteiger partial charge is 0.497 e. The molecule has 0 bridgehead atoms. The monoisotopic (exact) mass is 377 g/mol. The maximum atomic E-state index is 11.9. The van der Waals surface area contributed by atoms with Crippen molar-refractivity contribution in [2.45, 2.75) is 13.0 Å². The number of hydrogen-bond acceptors (Lipinski definition) is 5. The number of hydrogen-bond donors (Lipinski definition) is 1. The Balaban J connectivity index is 1.77. The molecule has 2 aromatic carbocycles. The molecule has 2 aromatic rings. The Bertz CT molecular complexity index is 761. The van der Waals surface area contributed by atoms with E-state index in [1.807, 2.05) is 12.1 Å². The fraction of sp³-hybridized carbons (Fsp3) is 0.263. The van der Waals surface area contributed by atoms with Crippen molar-refractivity contribution >= 4 is 23.5 Å². The molecule has 0 aliphatic rings. The van der Waals surface area contributed by atoms with Gasteiger partial charge in [-0.3, -0.25) is 9.59 Å². The number of carbonyl (C=O) groups excluding carboxylic acids is 2. The van der Waals surface area contributed by atoms with E-state index in [1.165, 1.54) is 7.11 Å². The number of halogens is 1. The summed E-state index contributed by atoms with van der Waals surface area (Å²) in [5, 5.41) is 3.18. The summed E-state index contributed by atoms with van der Waals surface area (Å²) in [6.45, 7) is -0.0135. The van der Waals surface area contributed by atoms with Gasteiger partial charge in [-0.25, -0.2) is 0 Å². The molecule has 26 heavy (non-hydrogen) atoms. The number of amides is 1. The number of rotatable bonds is 8. The van der Waals surface area contributed by atoms with Crippen LogP contribution in [0.1, 0.15) is 11.1 Å². The molecule has 0 spiro atoms. The summed E-state index contributed by atoms with van der Waals surface area (Å²) >= 11 is 5.92. The van der Waals surface area contributed by atoms with Gasteiger partial charge >= 0.3 is 5.97 Å². The number of methoxy groups -OCH3 is 2. The lowest BCUT2D eigenvalue weighted by molar-refractivity contribution is -0.147. The quantitative estimate of drug-likeness (QED) is 0.716. The molecule has 2 rings (SSSR count). The molecule has 0 aliphatic carbocycles. The van der Waals surface area contributed by atoms with Crippen molar-refractivity contribution in [3.63, 3.8) is 0 Å². The third-order valence-electron chi connectivity index (χ3n) is 3.59. The summed E-state index contributed by atoms with van der Waals surface area (Å²) in [6, 6.07) is 12.3. The number of nitrogens with one attached hydrogen (secondary N) is 1. The van der Waals surface area contributed by atoms with E-state index in [2.05, 4.69) is 5.32 Å². The number of ether oxygens (including phenoxy) is 3. The summed E-state index contributed by atoms with van der Waals surface area (Å²) in [5.41, 5.74) is 1.51. The molecule has 6 nitrogen and oxygen atoms in total. The van der Waals surface area contributed by atoms with Crippen molar-refractivity contribution in [3.05, 3.63) is 58.6 Å². The molecule has 0 fully saturated rings. The van der Waals surface area contributed by atoms with Crippen LogP contribution >= 0.6 is 11.6 Å². The Kier molecular flexibility index (Phi) is 7.29. The zero-order valence-corrected chi connectivity index (χ0v) is 15.3. The van der Waals surface area contributed by atoms with Crippen molar-refractivity contribution in [3.8, 4) is 11.5 Å². The lowest BCUT2D eigenvalue weighted by atomic mass is 10.1. The van der Waals surface area contributed by atoms with Gasteiger partial charge in [0.1, 0.15) is 11.5 Å². The molecule has 1 N–H and O–H groups in total. The average molecular weight is 378 g/mol. The van der Waals surface area contributed by atoms with E-state index < -0.39 is 5.97 Å². The van der Waals surface area contributed by atoms with Crippen LogP contribution in [0.25, 0.3) is 0 Å². The second-order valence-corrected chi connectivity index (χ2v) is 5.85.